The quantitative estimate of drug-likeness (QED) is 0.700. The number of morpholine rings is 1. The van der Waals surface area contributed by atoms with E-state index in [1.54, 1.807) is 0 Å². The Morgan fingerprint density at radius 2 is 2.19 bits per heavy atom. The van der Waals surface area contributed by atoms with E-state index >= 15 is 0 Å². The van der Waals surface area contributed by atoms with Gasteiger partial charge < -0.3 is 14.4 Å². The van der Waals surface area contributed by atoms with Crippen LogP contribution in [0.1, 0.15) is 0 Å². The fraction of sp³-hybridized carbons (Fsp3) is 0.417. The molecule has 1 heterocycles. The van der Waals surface area contributed by atoms with E-state index in [-0.39, 0.29) is 12.0 Å². The summed E-state index contributed by atoms with van der Waals surface area (Å²) in [6, 6.07) is 9.51. The second kappa shape index (κ2) is 4.99. The van der Waals surface area contributed by atoms with Crippen molar-refractivity contribution in [3.05, 3.63) is 30.3 Å². The second-order valence-corrected chi connectivity index (χ2v) is 3.64. The molecule has 1 aliphatic rings. The Kier molecular flexibility index (Phi) is 3.41. The highest BCUT2D eigenvalue weighted by atomic mass is 16.5. The summed E-state index contributed by atoms with van der Waals surface area (Å²) in [4.78, 5) is 13.6. The molecule has 0 saturated carbocycles. The summed E-state index contributed by atoms with van der Waals surface area (Å²) < 4.78 is 10.1. The third-order valence-corrected chi connectivity index (χ3v) is 2.69. The van der Waals surface area contributed by atoms with Crippen molar-refractivity contribution in [3.8, 4) is 0 Å². The van der Waals surface area contributed by atoms with Crippen molar-refractivity contribution in [1.82, 2.24) is 0 Å². The maximum absolute atomic E-state index is 11.6. The van der Waals surface area contributed by atoms with Crippen LogP contribution in [0.2, 0.25) is 0 Å². The number of methoxy groups -OCH3 is 1. The summed E-state index contributed by atoms with van der Waals surface area (Å²) in [5, 5.41) is 0. The van der Waals surface area contributed by atoms with Crippen LogP contribution in [-0.2, 0) is 14.3 Å². The highest BCUT2D eigenvalue weighted by Crippen LogP contribution is 2.19. The predicted octanol–water partition coefficient (Wildman–Crippen LogP) is 1.06. The third kappa shape index (κ3) is 2.17. The Bertz CT molecular complexity index is 353. The highest BCUT2D eigenvalue weighted by Gasteiger charge is 2.30. The number of rotatable bonds is 2. The van der Waals surface area contributed by atoms with Gasteiger partial charge in [0.1, 0.15) is 0 Å². The predicted molar refractivity (Wildman–Crippen MR) is 60.4 cm³/mol. The Morgan fingerprint density at radius 1 is 1.44 bits per heavy atom. The van der Waals surface area contributed by atoms with E-state index < -0.39 is 0 Å². The normalized spacial score (nSPS) is 20.6. The molecule has 4 nitrogen and oxygen atoms in total. The van der Waals surface area contributed by atoms with Gasteiger partial charge in [-0.05, 0) is 12.1 Å². The van der Waals surface area contributed by atoms with Crippen molar-refractivity contribution < 1.29 is 14.3 Å². The van der Waals surface area contributed by atoms with E-state index in [0.29, 0.717) is 19.8 Å². The minimum atomic E-state index is -0.332. The number of carbonyl (C=O) groups excluding carboxylic acids is 1. The first-order valence-corrected chi connectivity index (χ1v) is 5.30. The molecular formula is C12H15NO3. The summed E-state index contributed by atoms with van der Waals surface area (Å²) in [7, 11) is 1.40. The van der Waals surface area contributed by atoms with Crippen molar-refractivity contribution in [2.45, 2.75) is 6.04 Å². The van der Waals surface area contributed by atoms with E-state index in [9.17, 15) is 4.79 Å². The zero-order valence-electron chi connectivity index (χ0n) is 9.26. The number of para-hydroxylation sites is 1. The van der Waals surface area contributed by atoms with Gasteiger partial charge in [0, 0.05) is 12.2 Å². The van der Waals surface area contributed by atoms with Gasteiger partial charge in [0.05, 0.1) is 20.3 Å². The number of anilines is 1. The summed E-state index contributed by atoms with van der Waals surface area (Å²) in [6.45, 7) is 1.74. The maximum atomic E-state index is 11.6. The molecule has 0 spiro atoms. The molecule has 0 unspecified atom stereocenters. The van der Waals surface area contributed by atoms with Gasteiger partial charge in [-0.15, -0.1) is 0 Å². The van der Waals surface area contributed by atoms with Gasteiger partial charge in [-0.2, -0.15) is 0 Å². The molecule has 2 rings (SSSR count). The molecule has 0 aliphatic carbocycles. The Morgan fingerprint density at radius 3 is 2.88 bits per heavy atom. The molecule has 16 heavy (non-hydrogen) atoms. The lowest BCUT2D eigenvalue weighted by atomic mass is 10.2. The molecule has 86 valence electrons. The number of esters is 1. The lowest BCUT2D eigenvalue weighted by molar-refractivity contribution is -0.144. The molecule has 1 aliphatic heterocycles. The van der Waals surface area contributed by atoms with Gasteiger partial charge in [-0.25, -0.2) is 4.79 Å². The van der Waals surface area contributed by atoms with Gasteiger partial charge >= 0.3 is 5.97 Å². The zero-order valence-corrected chi connectivity index (χ0v) is 9.26. The van der Waals surface area contributed by atoms with Crippen LogP contribution in [0.5, 0.6) is 0 Å². The summed E-state index contributed by atoms with van der Waals surface area (Å²) in [5.41, 5.74) is 1.03. The number of carbonyl (C=O) groups is 1. The Labute approximate surface area is 94.8 Å². The van der Waals surface area contributed by atoms with Crippen LogP contribution in [0.25, 0.3) is 0 Å². The SMILES string of the molecule is COC(=O)[C@H]1COCCN1c1ccccc1. The lowest BCUT2D eigenvalue weighted by Gasteiger charge is -2.35. The molecule has 1 saturated heterocycles. The van der Waals surface area contributed by atoms with Crippen molar-refractivity contribution in [3.63, 3.8) is 0 Å². The zero-order chi connectivity index (χ0) is 11.4. The van der Waals surface area contributed by atoms with Crippen LogP contribution in [0.15, 0.2) is 30.3 Å². The fourth-order valence-electron chi connectivity index (χ4n) is 1.86. The molecule has 0 aromatic heterocycles. The van der Waals surface area contributed by atoms with Crippen molar-refractivity contribution in [2.24, 2.45) is 0 Å². The largest absolute Gasteiger partial charge is 0.467 e. The Hall–Kier alpha value is -1.55. The maximum Gasteiger partial charge on any atom is 0.330 e. The van der Waals surface area contributed by atoms with Crippen molar-refractivity contribution in [2.75, 3.05) is 31.8 Å². The molecular weight excluding hydrogens is 206 g/mol. The molecule has 1 aromatic carbocycles. The van der Waals surface area contributed by atoms with Crippen LogP contribution in [-0.4, -0.2) is 38.9 Å². The van der Waals surface area contributed by atoms with E-state index in [1.165, 1.54) is 7.11 Å². The molecule has 4 heteroatoms. The average molecular weight is 221 g/mol. The van der Waals surface area contributed by atoms with Gasteiger partial charge in [-0.1, -0.05) is 18.2 Å². The second-order valence-electron chi connectivity index (χ2n) is 3.64. The first-order valence-electron chi connectivity index (χ1n) is 5.30. The van der Waals surface area contributed by atoms with E-state index in [1.807, 2.05) is 35.2 Å². The molecule has 0 radical (unpaired) electrons. The molecule has 1 atom stereocenters. The summed E-state index contributed by atoms with van der Waals surface area (Å²) in [6.07, 6.45) is 0. The topological polar surface area (TPSA) is 38.8 Å². The third-order valence-electron chi connectivity index (χ3n) is 2.69. The number of nitrogens with zero attached hydrogens (tertiary/aromatic N) is 1. The van der Waals surface area contributed by atoms with Gasteiger partial charge in [0.25, 0.3) is 0 Å². The summed E-state index contributed by atoms with van der Waals surface area (Å²) >= 11 is 0. The fourth-order valence-corrected chi connectivity index (χ4v) is 1.86. The van der Waals surface area contributed by atoms with Gasteiger partial charge in [0.2, 0.25) is 0 Å². The van der Waals surface area contributed by atoms with Crippen LogP contribution < -0.4 is 4.90 Å². The van der Waals surface area contributed by atoms with Crippen molar-refractivity contribution >= 4 is 11.7 Å². The first kappa shape index (κ1) is 11.0. The number of benzene rings is 1. The Balaban J connectivity index is 2.20. The van der Waals surface area contributed by atoms with Gasteiger partial charge in [0.15, 0.2) is 6.04 Å². The molecule has 0 N–H and O–H groups in total. The van der Waals surface area contributed by atoms with Crippen LogP contribution in [0.3, 0.4) is 0 Å². The molecule has 0 bridgehead atoms. The summed E-state index contributed by atoms with van der Waals surface area (Å²) in [5.74, 6) is -0.247. The first-order chi connectivity index (χ1) is 7.83. The molecule has 0 amide bonds. The minimum Gasteiger partial charge on any atom is -0.467 e. The highest BCUT2D eigenvalue weighted by molar-refractivity contribution is 5.80. The van der Waals surface area contributed by atoms with E-state index in [0.717, 1.165) is 5.69 Å². The number of hydrogen-bond donors (Lipinski definition) is 0. The monoisotopic (exact) mass is 221 g/mol. The number of hydrogen-bond acceptors (Lipinski definition) is 4. The lowest BCUT2D eigenvalue weighted by Crippen LogP contribution is -2.50. The number of ether oxygens (including phenoxy) is 2. The standard InChI is InChI=1S/C12H15NO3/c1-15-12(14)11-9-16-8-7-13(11)10-5-3-2-4-6-10/h2-6,11H,7-9H2,1H3/t11-/m1/s1. The molecule has 1 fully saturated rings. The smallest absolute Gasteiger partial charge is 0.330 e. The van der Waals surface area contributed by atoms with E-state index in [4.69, 9.17) is 9.47 Å². The van der Waals surface area contributed by atoms with E-state index in [2.05, 4.69) is 0 Å². The molecule has 1 aromatic rings. The van der Waals surface area contributed by atoms with Crippen LogP contribution in [0, 0.1) is 0 Å². The van der Waals surface area contributed by atoms with Crippen molar-refractivity contribution in [1.29, 1.82) is 0 Å². The minimum absolute atomic E-state index is 0.247. The van der Waals surface area contributed by atoms with Crippen LogP contribution in [0.4, 0.5) is 5.69 Å². The van der Waals surface area contributed by atoms with Crippen LogP contribution >= 0.6 is 0 Å². The average Bonchev–Trinajstić information content (AvgIpc) is 2.39. The van der Waals surface area contributed by atoms with Gasteiger partial charge in [-0.3, -0.25) is 0 Å².